The quantitative estimate of drug-likeness (QED) is 0.179. The number of ether oxygens (including phenoxy) is 1. The Morgan fingerprint density at radius 3 is 1.88 bits per heavy atom. The van der Waals surface area contributed by atoms with Crippen LogP contribution in [-0.2, 0) is 0 Å². The Morgan fingerprint density at radius 2 is 1.08 bits per heavy atom. The van der Waals surface area contributed by atoms with Gasteiger partial charge in [-0.05, 0) is 107 Å². The van der Waals surface area contributed by atoms with Crippen molar-refractivity contribution >= 4 is 53.9 Å². The summed E-state index contributed by atoms with van der Waals surface area (Å²) in [4.78, 5) is 5.08. The summed E-state index contributed by atoms with van der Waals surface area (Å²) in [6.45, 7) is 0. The van der Waals surface area contributed by atoms with Gasteiger partial charge >= 0.3 is 0 Å². The summed E-state index contributed by atoms with van der Waals surface area (Å²) in [5, 5.41) is 21.6. The van der Waals surface area contributed by atoms with Crippen molar-refractivity contribution in [1.29, 1.82) is 5.26 Å². The molecule has 1 aliphatic rings. The number of benzene rings is 9. The molecule has 51 heavy (non-hydrogen) atoms. The summed E-state index contributed by atoms with van der Waals surface area (Å²) < 4.78 is 6.33. The van der Waals surface area contributed by atoms with E-state index >= 15 is 0 Å². The number of nitrogens with zero attached hydrogens (tertiary/aromatic N) is 2. The van der Waals surface area contributed by atoms with Gasteiger partial charge in [-0.3, -0.25) is 4.98 Å². The largest absolute Gasteiger partial charge is 0.456 e. The lowest BCUT2D eigenvalue weighted by Gasteiger charge is -2.22. The average Bonchev–Trinajstić information content (AvgIpc) is 3.19. The third-order valence-corrected chi connectivity index (χ3v) is 10.7. The van der Waals surface area contributed by atoms with Gasteiger partial charge in [0, 0.05) is 28.3 Å². The molecule has 0 unspecified atom stereocenters. The SMILES string of the molecule is N#Cc1ccc2c(c1)Oc1cccc3c(-c4ccc(-c5ccc6ccc7c(-c8ccc9ccccc9c8)ccc8ccc5c6c87)nc4)ccc-2c13. The number of hydrogen-bond acceptors (Lipinski definition) is 3. The first-order valence-corrected chi connectivity index (χ1v) is 17.2. The van der Waals surface area contributed by atoms with E-state index in [1.807, 2.05) is 36.5 Å². The number of fused-ring (bicyclic) bond motifs is 3. The van der Waals surface area contributed by atoms with Crippen LogP contribution in [-0.4, -0.2) is 4.98 Å². The van der Waals surface area contributed by atoms with Gasteiger partial charge in [-0.15, -0.1) is 0 Å². The second kappa shape index (κ2) is 10.5. The maximum Gasteiger partial charge on any atom is 0.136 e. The Labute approximate surface area is 293 Å². The molecule has 0 radical (unpaired) electrons. The van der Waals surface area contributed by atoms with E-state index in [0.717, 1.165) is 50.0 Å². The minimum absolute atomic E-state index is 0.586. The predicted molar refractivity (Wildman–Crippen MR) is 209 cm³/mol. The van der Waals surface area contributed by atoms with Crippen LogP contribution in [0.1, 0.15) is 5.56 Å². The fourth-order valence-corrected chi connectivity index (χ4v) is 8.30. The third-order valence-electron chi connectivity index (χ3n) is 10.7. The molecule has 0 N–H and O–H groups in total. The van der Waals surface area contributed by atoms with Gasteiger partial charge in [0.1, 0.15) is 11.5 Å². The molecule has 10 aromatic rings. The van der Waals surface area contributed by atoms with Gasteiger partial charge in [0.05, 0.1) is 17.3 Å². The van der Waals surface area contributed by atoms with Crippen LogP contribution in [0.2, 0.25) is 0 Å². The van der Waals surface area contributed by atoms with Crippen LogP contribution >= 0.6 is 0 Å². The van der Waals surface area contributed by atoms with E-state index in [0.29, 0.717) is 11.3 Å². The van der Waals surface area contributed by atoms with Crippen LogP contribution in [0.15, 0.2) is 158 Å². The summed E-state index contributed by atoms with van der Waals surface area (Å²) >= 11 is 0. The molecule has 0 bridgehead atoms. The lowest BCUT2D eigenvalue weighted by Crippen LogP contribution is -1.98. The van der Waals surface area contributed by atoms with E-state index in [9.17, 15) is 5.26 Å². The van der Waals surface area contributed by atoms with Crippen molar-refractivity contribution in [3.8, 4) is 62.2 Å². The number of rotatable bonds is 3. The number of pyridine rings is 1. The van der Waals surface area contributed by atoms with Crippen molar-refractivity contribution in [1.82, 2.24) is 4.98 Å². The first-order chi connectivity index (χ1) is 25.2. The molecule has 0 saturated heterocycles. The number of aromatic nitrogens is 1. The molecule has 1 aromatic heterocycles. The van der Waals surface area contributed by atoms with Gasteiger partial charge in [0.15, 0.2) is 0 Å². The molecule has 0 atom stereocenters. The van der Waals surface area contributed by atoms with Crippen molar-refractivity contribution in [2.45, 2.75) is 0 Å². The first-order valence-electron chi connectivity index (χ1n) is 17.2. The summed E-state index contributed by atoms with van der Waals surface area (Å²) in [5.41, 5.74) is 9.38. The number of hydrogen-bond donors (Lipinski definition) is 0. The van der Waals surface area contributed by atoms with Crippen molar-refractivity contribution in [2.75, 3.05) is 0 Å². The van der Waals surface area contributed by atoms with Crippen LogP contribution in [0.3, 0.4) is 0 Å². The molecule has 2 heterocycles. The molecule has 11 rings (SSSR count). The lowest BCUT2D eigenvalue weighted by molar-refractivity contribution is 0.487. The normalized spacial score (nSPS) is 12.1. The molecule has 3 heteroatoms. The molecule has 234 valence electrons. The molecule has 0 aliphatic carbocycles. The molecule has 0 saturated carbocycles. The van der Waals surface area contributed by atoms with Crippen molar-refractivity contribution in [2.24, 2.45) is 0 Å². The third kappa shape index (κ3) is 4.08. The second-order valence-corrected chi connectivity index (χ2v) is 13.4. The minimum atomic E-state index is 0.586. The molecule has 0 spiro atoms. The zero-order valence-electron chi connectivity index (χ0n) is 27.3. The smallest absolute Gasteiger partial charge is 0.136 e. The van der Waals surface area contributed by atoms with E-state index in [1.54, 1.807) is 0 Å². The topological polar surface area (TPSA) is 45.9 Å². The maximum absolute atomic E-state index is 9.42. The highest BCUT2D eigenvalue weighted by Gasteiger charge is 2.22. The van der Waals surface area contributed by atoms with Crippen molar-refractivity contribution in [3.05, 3.63) is 163 Å². The molecule has 9 aromatic carbocycles. The van der Waals surface area contributed by atoms with Crippen molar-refractivity contribution < 1.29 is 4.74 Å². The van der Waals surface area contributed by atoms with E-state index in [-0.39, 0.29) is 0 Å². The van der Waals surface area contributed by atoms with Crippen LogP contribution in [0.4, 0.5) is 0 Å². The van der Waals surface area contributed by atoms with Crippen LogP contribution in [0.5, 0.6) is 11.5 Å². The standard InChI is InChI=1S/C48H26N2O/c49-26-28-8-16-38-42-22-21-36(39-6-3-7-44(48(39)42)51-45(38)24-28)34-15-23-43(50-27-34)37-18-12-31-13-19-40-35(17-11-30-14-20-41(37)47(31)46(30)40)33-10-9-29-4-1-2-5-32(29)25-33/h1-25,27H. The summed E-state index contributed by atoms with van der Waals surface area (Å²) in [6, 6.07) is 56.1. The summed E-state index contributed by atoms with van der Waals surface area (Å²) in [6.07, 6.45) is 1.99. The fraction of sp³-hybridized carbons (Fsp3) is 0. The van der Waals surface area contributed by atoms with Gasteiger partial charge in [-0.2, -0.15) is 5.26 Å². The first kappa shape index (κ1) is 27.9. The highest BCUT2D eigenvalue weighted by molar-refractivity contribution is 6.27. The summed E-state index contributed by atoms with van der Waals surface area (Å²) in [5.74, 6) is 1.51. The highest BCUT2D eigenvalue weighted by atomic mass is 16.5. The monoisotopic (exact) mass is 646 g/mol. The van der Waals surface area contributed by atoms with Gasteiger partial charge in [-0.1, -0.05) is 115 Å². The van der Waals surface area contributed by atoms with Gasteiger partial charge in [0.25, 0.3) is 0 Å². The van der Waals surface area contributed by atoms with Gasteiger partial charge < -0.3 is 4.74 Å². The van der Waals surface area contributed by atoms with E-state index in [2.05, 4.69) is 127 Å². The zero-order chi connectivity index (χ0) is 33.6. The predicted octanol–water partition coefficient (Wildman–Crippen LogP) is 12.9. The van der Waals surface area contributed by atoms with Gasteiger partial charge in [0.2, 0.25) is 0 Å². The minimum Gasteiger partial charge on any atom is -0.456 e. The van der Waals surface area contributed by atoms with Crippen LogP contribution in [0.25, 0.3) is 98.5 Å². The molecule has 0 amide bonds. The average molecular weight is 647 g/mol. The molecular weight excluding hydrogens is 621 g/mol. The molecular formula is C48H26N2O. The number of nitriles is 1. The Balaban J connectivity index is 1.03. The van der Waals surface area contributed by atoms with Crippen molar-refractivity contribution in [3.63, 3.8) is 0 Å². The fourth-order valence-electron chi connectivity index (χ4n) is 8.30. The summed E-state index contributed by atoms with van der Waals surface area (Å²) in [7, 11) is 0. The van der Waals surface area contributed by atoms with Gasteiger partial charge in [-0.25, -0.2) is 0 Å². The van der Waals surface area contributed by atoms with Crippen LogP contribution < -0.4 is 4.74 Å². The molecule has 1 aliphatic heterocycles. The Morgan fingerprint density at radius 1 is 0.431 bits per heavy atom. The highest BCUT2D eigenvalue weighted by Crippen LogP contribution is 2.49. The lowest BCUT2D eigenvalue weighted by atomic mass is 9.87. The Kier molecular flexibility index (Phi) is 5.73. The second-order valence-electron chi connectivity index (χ2n) is 13.4. The molecule has 0 fully saturated rings. The Hall–Kier alpha value is -7.02. The molecule has 3 nitrogen and oxygen atoms in total. The van der Waals surface area contributed by atoms with E-state index < -0.39 is 0 Å². The maximum atomic E-state index is 9.42. The van der Waals surface area contributed by atoms with Crippen LogP contribution in [0, 0.1) is 11.3 Å². The zero-order valence-corrected chi connectivity index (χ0v) is 27.3. The van der Waals surface area contributed by atoms with E-state index in [1.165, 1.54) is 54.2 Å². The van der Waals surface area contributed by atoms with E-state index in [4.69, 9.17) is 9.72 Å². The Bertz CT molecular complexity index is 3110.